The van der Waals surface area contributed by atoms with Crippen LogP contribution in [0, 0.1) is 0 Å². The molecule has 0 fully saturated rings. The SMILES string of the molecule is C/C(=C\C(=NCc1ccc(Oc2ccc(-c3ccc4c(c3)C3(c5ccccc5-4)c4ccccc4-n4c5ccccc5c5cccc3c54)cc2)cc1)c1ccccc1)c1ccccc1. The number of hydrogen-bond acceptors (Lipinski definition) is 2. The Bertz CT molecular complexity index is 3430. The summed E-state index contributed by atoms with van der Waals surface area (Å²) in [5.41, 5.74) is 19.0. The van der Waals surface area contributed by atoms with Gasteiger partial charge in [-0.25, -0.2) is 0 Å². The first-order valence-corrected chi connectivity index (χ1v) is 21.7. The molecule has 2 heterocycles. The second kappa shape index (κ2) is 14.9. The number of aromatic nitrogens is 1. The molecule has 0 N–H and O–H groups in total. The molecule has 1 unspecified atom stereocenters. The van der Waals surface area contributed by atoms with Crippen LogP contribution < -0.4 is 4.74 Å². The minimum absolute atomic E-state index is 0.482. The normalized spacial score (nSPS) is 15.1. The van der Waals surface area contributed by atoms with E-state index in [9.17, 15) is 0 Å². The Hall–Kier alpha value is -8.01. The molecule has 0 saturated heterocycles. The number of para-hydroxylation sites is 3. The van der Waals surface area contributed by atoms with Gasteiger partial charge < -0.3 is 9.30 Å². The number of aliphatic imine (C=N–C) groups is 1. The first kappa shape index (κ1) is 36.8. The van der Waals surface area contributed by atoms with E-state index in [1.54, 1.807) is 0 Å². The second-order valence-corrected chi connectivity index (χ2v) is 16.7. The van der Waals surface area contributed by atoms with Crippen molar-refractivity contribution in [3.05, 3.63) is 263 Å². The molecule has 0 radical (unpaired) electrons. The number of ether oxygens (including phenoxy) is 1. The van der Waals surface area contributed by atoms with Gasteiger partial charge in [0.05, 0.1) is 34.4 Å². The number of nitrogens with zero attached hydrogens (tertiary/aromatic N) is 2. The molecule has 298 valence electrons. The molecular formula is C60H42N2O. The van der Waals surface area contributed by atoms with Crippen LogP contribution in [0.1, 0.15) is 45.9 Å². The molecule has 3 heteroatoms. The van der Waals surface area contributed by atoms with Gasteiger partial charge in [0, 0.05) is 10.8 Å². The summed E-state index contributed by atoms with van der Waals surface area (Å²) in [6.07, 6.45) is 2.18. The zero-order chi connectivity index (χ0) is 41.9. The Morgan fingerprint density at radius 2 is 1.11 bits per heavy atom. The second-order valence-electron chi connectivity index (χ2n) is 16.7. The number of rotatable bonds is 8. The predicted molar refractivity (Wildman–Crippen MR) is 260 cm³/mol. The van der Waals surface area contributed by atoms with Crippen molar-refractivity contribution >= 4 is 33.1 Å². The van der Waals surface area contributed by atoms with Crippen LogP contribution in [0.4, 0.5) is 0 Å². The van der Waals surface area contributed by atoms with Crippen LogP contribution in [0.5, 0.6) is 11.5 Å². The van der Waals surface area contributed by atoms with E-state index in [-0.39, 0.29) is 0 Å². The Labute approximate surface area is 367 Å². The minimum atomic E-state index is -0.482. The standard InChI is InChI=1S/C60H42N2O/c1-40(42-15-4-2-5-16-42)37-56(44-17-6-3-7-18-44)61-39-41-27-32-46(33-28-41)63-47-34-29-43(30-35-47)45-31-36-49-48-19-8-10-22-52(48)60(55(49)38-45)53-23-11-13-26-58(53)62-57-25-12-9-20-50(57)51-21-14-24-54(60)59(51)62/h2-38H,39H2,1H3/b40-37+,61-56?. The monoisotopic (exact) mass is 806 g/mol. The first-order valence-electron chi connectivity index (χ1n) is 21.7. The average Bonchev–Trinajstić information content (AvgIpc) is 3.84. The summed E-state index contributed by atoms with van der Waals surface area (Å²) in [5, 5.41) is 2.57. The van der Waals surface area contributed by atoms with Crippen LogP contribution in [0.25, 0.3) is 55.3 Å². The summed E-state index contributed by atoms with van der Waals surface area (Å²) in [6.45, 7) is 2.71. The maximum Gasteiger partial charge on any atom is 0.127 e. The third-order valence-corrected chi connectivity index (χ3v) is 13.1. The zero-order valence-electron chi connectivity index (χ0n) is 34.9. The quantitative estimate of drug-likeness (QED) is 0.141. The van der Waals surface area contributed by atoms with Gasteiger partial charge in [-0.1, -0.05) is 176 Å². The number of hydrogen-bond donors (Lipinski definition) is 0. The van der Waals surface area contributed by atoms with Crippen molar-refractivity contribution in [2.75, 3.05) is 0 Å². The molecule has 1 atom stereocenters. The van der Waals surface area contributed by atoms with E-state index < -0.39 is 5.41 Å². The highest BCUT2D eigenvalue weighted by Crippen LogP contribution is 2.61. The minimum Gasteiger partial charge on any atom is -0.457 e. The van der Waals surface area contributed by atoms with Crippen molar-refractivity contribution < 1.29 is 4.74 Å². The van der Waals surface area contributed by atoms with Crippen molar-refractivity contribution in [2.45, 2.75) is 18.9 Å². The summed E-state index contributed by atoms with van der Waals surface area (Å²) in [6, 6.07) is 78.5. The molecule has 1 aromatic heterocycles. The number of allylic oxidation sites excluding steroid dienone is 2. The van der Waals surface area contributed by atoms with Crippen molar-refractivity contribution in [3.8, 4) is 39.4 Å². The molecule has 1 spiro atoms. The Morgan fingerprint density at radius 3 is 1.90 bits per heavy atom. The lowest BCUT2D eigenvalue weighted by molar-refractivity contribution is 0.482. The molecule has 1 aliphatic carbocycles. The maximum atomic E-state index is 6.41. The summed E-state index contributed by atoms with van der Waals surface area (Å²) in [4.78, 5) is 5.08. The van der Waals surface area contributed by atoms with Gasteiger partial charge >= 0.3 is 0 Å². The van der Waals surface area contributed by atoms with Crippen LogP contribution >= 0.6 is 0 Å². The number of fused-ring (bicyclic) bond motifs is 12. The van der Waals surface area contributed by atoms with Crippen LogP contribution in [-0.4, -0.2) is 10.3 Å². The molecule has 1 aliphatic heterocycles. The van der Waals surface area contributed by atoms with E-state index in [2.05, 4.69) is 212 Å². The average molecular weight is 807 g/mol. The van der Waals surface area contributed by atoms with Gasteiger partial charge in [-0.15, -0.1) is 0 Å². The maximum absolute atomic E-state index is 6.41. The Morgan fingerprint density at radius 1 is 0.508 bits per heavy atom. The highest BCUT2D eigenvalue weighted by Gasteiger charge is 2.50. The molecule has 0 saturated carbocycles. The van der Waals surface area contributed by atoms with Crippen molar-refractivity contribution in [2.24, 2.45) is 4.99 Å². The summed E-state index contributed by atoms with van der Waals surface area (Å²) in [7, 11) is 0. The summed E-state index contributed by atoms with van der Waals surface area (Å²) in [5.74, 6) is 1.58. The van der Waals surface area contributed by atoms with Gasteiger partial charge in [-0.2, -0.15) is 0 Å². The van der Waals surface area contributed by atoms with Gasteiger partial charge in [0.1, 0.15) is 11.5 Å². The topological polar surface area (TPSA) is 26.5 Å². The van der Waals surface area contributed by atoms with Gasteiger partial charge in [-0.05, 0) is 122 Å². The van der Waals surface area contributed by atoms with Crippen LogP contribution in [-0.2, 0) is 12.0 Å². The third kappa shape index (κ3) is 5.92. The molecule has 63 heavy (non-hydrogen) atoms. The third-order valence-electron chi connectivity index (χ3n) is 13.1. The van der Waals surface area contributed by atoms with Crippen molar-refractivity contribution in [3.63, 3.8) is 0 Å². The molecule has 12 rings (SSSR count). The molecular weight excluding hydrogens is 765 g/mol. The smallest absolute Gasteiger partial charge is 0.127 e. The fourth-order valence-electron chi connectivity index (χ4n) is 10.3. The lowest BCUT2D eigenvalue weighted by atomic mass is 9.65. The van der Waals surface area contributed by atoms with E-state index in [0.717, 1.165) is 33.9 Å². The van der Waals surface area contributed by atoms with Gasteiger partial charge in [-0.3, -0.25) is 4.99 Å². The fraction of sp³-hybridized carbons (Fsp3) is 0.0500. The summed E-state index contributed by atoms with van der Waals surface area (Å²) < 4.78 is 8.91. The predicted octanol–water partition coefficient (Wildman–Crippen LogP) is 15.0. The Balaban J connectivity index is 0.858. The highest BCUT2D eigenvalue weighted by molar-refractivity contribution is 6.13. The lowest BCUT2D eigenvalue weighted by Crippen LogP contribution is -2.33. The van der Waals surface area contributed by atoms with E-state index in [1.165, 1.54) is 77.6 Å². The molecule has 9 aromatic carbocycles. The van der Waals surface area contributed by atoms with Crippen LogP contribution in [0.15, 0.2) is 229 Å². The summed E-state index contributed by atoms with van der Waals surface area (Å²) >= 11 is 0. The van der Waals surface area contributed by atoms with E-state index in [0.29, 0.717) is 6.54 Å². The molecule has 0 bridgehead atoms. The number of benzene rings is 9. The molecule has 10 aromatic rings. The van der Waals surface area contributed by atoms with E-state index in [1.807, 2.05) is 24.3 Å². The van der Waals surface area contributed by atoms with Gasteiger partial charge in [0.25, 0.3) is 0 Å². The molecule has 2 aliphatic rings. The zero-order valence-corrected chi connectivity index (χ0v) is 34.9. The lowest BCUT2D eigenvalue weighted by Gasteiger charge is -2.39. The van der Waals surface area contributed by atoms with Crippen LogP contribution in [0.3, 0.4) is 0 Å². The molecule has 3 nitrogen and oxygen atoms in total. The molecule has 0 amide bonds. The largest absolute Gasteiger partial charge is 0.457 e. The van der Waals surface area contributed by atoms with Gasteiger partial charge in [0.2, 0.25) is 0 Å². The van der Waals surface area contributed by atoms with Gasteiger partial charge in [0.15, 0.2) is 0 Å². The van der Waals surface area contributed by atoms with Crippen LogP contribution in [0.2, 0.25) is 0 Å². The van der Waals surface area contributed by atoms with E-state index in [4.69, 9.17) is 9.73 Å². The highest BCUT2D eigenvalue weighted by atomic mass is 16.5. The van der Waals surface area contributed by atoms with Crippen molar-refractivity contribution in [1.82, 2.24) is 4.57 Å². The first-order chi connectivity index (χ1) is 31.1. The van der Waals surface area contributed by atoms with Crippen molar-refractivity contribution in [1.29, 1.82) is 0 Å². The fourth-order valence-corrected chi connectivity index (χ4v) is 10.3. The van der Waals surface area contributed by atoms with E-state index >= 15 is 0 Å². The Kier molecular flexibility index (Phi) is 8.68.